The van der Waals surface area contributed by atoms with Gasteiger partial charge in [-0.25, -0.2) is 0 Å². The molecule has 2 aromatic carbocycles. The van der Waals surface area contributed by atoms with Crippen molar-refractivity contribution in [2.24, 2.45) is 0 Å². The summed E-state index contributed by atoms with van der Waals surface area (Å²) >= 11 is 0. The van der Waals surface area contributed by atoms with E-state index in [0.717, 1.165) is 5.69 Å². The summed E-state index contributed by atoms with van der Waals surface area (Å²) in [4.78, 5) is 10.2. The lowest BCUT2D eigenvalue weighted by molar-refractivity contribution is -0.384. The molecule has 5 heteroatoms. The predicted molar refractivity (Wildman–Crippen MR) is 85.9 cm³/mol. The molecule has 0 spiro atoms. The van der Waals surface area contributed by atoms with Crippen LogP contribution in [0.3, 0.4) is 0 Å². The summed E-state index contributed by atoms with van der Waals surface area (Å²) in [6, 6.07) is 12.5. The molecule has 0 heterocycles. The van der Waals surface area contributed by atoms with Crippen molar-refractivity contribution in [3.8, 4) is 0 Å². The van der Waals surface area contributed by atoms with Crippen LogP contribution in [0.2, 0.25) is 0 Å². The molecule has 2 rings (SSSR count). The van der Waals surface area contributed by atoms with Crippen molar-refractivity contribution in [1.29, 1.82) is 0 Å². The summed E-state index contributed by atoms with van der Waals surface area (Å²) in [6.07, 6.45) is 0. The van der Waals surface area contributed by atoms with Crippen LogP contribution in [0.25, 0.3) is 0 Å². The van der Waals surface area contributed by atoms with Crippen molar-refractivity contribution in [3.05, 3.63) is 58.1 Å². The molecule has 0 aromatic heterocycles. The summed E-state index contributed by atoms with van der Waals surface area (Å²) in [5.74, 6) is 0. The molecule has 5 nitrogen and oxygen atoms in total. The molecule has 0 saturated carbocycles. The molecule has 0 aliphatic rings. The molecule has 0 aliphatic heterocycles. The van der Waals surface area contributed by atoms with Gasteiger partial charge in [0.2, 0.25) is 0 Å². The Balaban J connectivity index is 2.20. The number of nitrogens with one attached hydrogen (secondary N) is 1. The Morgan fingerprint density at radius 1 is 1.10 bits per heavy atom. The Morgan fingerprint density at radius 2 is 1.71 bits per heavy atom. The predicted octanol–water partition coefficient (Wildman–Crippen LogP) is 4.22. The molecule has 0 saturated heterocycles. The fourth-order valence-electron chi connectivity index (χ4n) is 1.99. The highest BCUT2D eigenvalue weighted by Gasteiger charge is 2.13. The smallest absolute Gasteiger partial charge is 0.271 e. The number of non-ortho nitro benzene ring substituents is 1. The lowest BCUT2D eigenvalue weighted by Crippen LogP contribution is -2.10. The Labute approximate surface area is 123 Å². The number of hydrogen-bond donors (Lipinski definition) is 2. The van der Waals surface area contributed by atoms with Crippen LogP contribution < -0.4 is 11.1 Å². The van der Waals surface area contributed by atoms with Gasteiger partial charge in [0.1, 0.15) is 0 Å². The van der Waals surface area contributed by atoms with E-state index < -0.39 is 4.92 Å². The molecule has 0 bridgehead atoms. The third-order valence-electron chi connectivity index (χ3n) is 3.28. The molecule has 110 valence electrons. The maximum Gasteiger partial charge on any atom is 0.271 e. The van der Waals surface area contributed by atoms with Gasteiger partial charge in [0.15, 0.2) is 0 Å². The molecule has 0 atom stereocenters. The van der Waals surface area contributed by atoms with Gasteiger partial charge in [-0.05, 0) is 29.2 Å². The summed E-state index contributed by atoms with van der Waals surface area (Å²) in [5, 5.41) is 13.9. The largest absolute Gasteiger partial charge is 0.397 e. The van der Waals surface area contributed by atoms with E-state index in [1.54, 1.807) is 6.07 Å². The van der Waals surface area contributed by atoms with Gasteiger partial charge in [0, 0.05) is 17.8 Å². The van der Waals surface area contributed by atoms with Crippen LogP contribution in [0.5, 0.6) is 0 Å². The maximum atomic E-state index is 10.7. The van der Waals surface area contributed by atoms with Crippen molar-refractivity contribution >= 4 is 22.7 Å². The quantitative estimate of drug-likeness (QED) is 0.502. The van der Waals surface area contributed by atoms with Gasteiger partial charge in [-0.3, -0.25) is 10.1 Å². The fraction of sp³-hybridized carbons (Fsp3) is 0.250. The number of nitrogen functional groups attached to an aromatic ring is 1. The number of nitrogens with zero attached hydrogens (tertiary/aromatic N) is 1. The molecule has 0 amide bonds. The van der Waals surface area contributed by atoms with E-state index in [1.807, 2.05) is 12.1 Å². The van der Waals surface area contributed by atoms with Crippen LogP contribution >= 0.6 is 0 Å². The minimum Gasteiger partial charge on any atom is -0.397 e. The summed E-state index contributed by atoms with van der Waals surface area (Å²) in [5.41, 5.74) is 9.07. The van der Waals surface area contributed by atoms with Gasteiger partial charge >= 0.3 is 0 Å². The second-order valence-electron chi connectivity index (χ2n) is 5.98. The SMILES string of the molecule is CC(C)(C)c1ccc(Nc2ccc([N+](=O)[O-])cc2N)cc1. The Kier molecular flexibility index (Phi) is 3.84. The first-order valence-electron chi connectivity index (χ1n) is 6.69. The number of nitro groups is 1. The lowest BCUT2D eigenvalue weighted by Gasteiger charge is -2.19. The normalized spacial score (nSPS) is 11.2. The van der Waals surface area contributed by atoms with E-state index in [0.29, 0.717) is 11.4 Å². The van der Waals surface area contributed by atoms with Crippen LogP contribution in [0.1, 0.15) is 26.3 Å². The van der Waals surface area contributed by atoms with Gasteiger partial charge < -0.3 is 11.1 Å². The summed E-state index contributed by atoms with van der Waals surface area (Å²) < 4.78 is 0. The molecule has 21 heavy (non-hydrogen) atoms. The van der Waals surface area contributed by atoms with Gasteiger partial charge in [0.25, 0.3) is 5.69 Å². The number of hydrogen-bond acceptors (Lipinski definition) is 4. The minimum absolute atomic E-state index is 0.0128. The van der Waals surface area contributed by atoms with Crippen molar-refractivity contribution in [3.63, 3.8) is 0 Å². The van der Waals surface area contributed by atoms with Gasteiger partial charge in [-0.1, -0.05) is 32.9 Å². The molecular weight excluding hydrogens is 266 g/mol. The second kappa shape index (κ2) is 5.44. The first-order valence-corrected chi connectivity index (χ1v) is 6.69. The van der Waals surface area contributed by atoms with E-state index in [2.05, 4.69) is 38.2 Å². The molecule has 0 unspecified atom stereocenters. The number of rotatable bonds is 3. The third kappa shape index (κ3) is 3.51. The Morgan fingerprint density at radius 3 is 2.19 bits per heavy atom. The zero-order valence-electron chi connectivity index (χ0n) is 12.4. The van der Waals surface area contributed by atoms with Crippen LogP contribution in [0.15, 0.2) is 42.5 Å². The lowest BCUT2D eigenvalue weighted by atomic mass is 9.87. The second-order valence-corrected chi connectivity index (χ2v) is 5.98. The number of nitro benzene ring substituents is 1. The molecule has 2 aromatic rings. The first-order chi connectivity index (χ1) is 9.77. The van der Waals surface area contributed by atoms with E-state index in [-0.39, 0.29) is 11.1 Å². The highest BCUT2D eigenvalue weighted by atomic mass is 16.6. The Bertz CT molecular complexity index is 658. The van der Waals surface area contributed by atoms with Crippen molar-refractivity contribution < 1.29 is 4.92 Å². The highest BCUT2D eigenvalue weighted by Crippen LogP contribution is 2.29. The van der Waals surface area contributed by atoms with E-state index in [9.17, 15) is 10.1 Å². The molecule has 3 N–H and O–H groups in total. The number of nitrogens with two attached hydrogens (primary N) is 1. The van der Waals surface area contributed by atoms with Gasteiger partial charge in [-0.15, -0.1) is 0 Å². The van der Waals surface area contributed by atoms with Crippen LogP contribution in [0, 0.1) is 10.1 Å². The molecular formula is C16H19N3O2. The minimum atomic E-state index is -0.460. The zero-order chi connectivity index (χ0) is 15.6. The van der Waals surface area contributed by atoms with E-state index in [4.69, 9.17) is 5.73 Å². The molecule has 0 aliphatic carbocycles. The average Bonchev–Trinajstić information content (AvgIpc) is 2.40. The van der Waals surface area contributed by atoms with Gasteiger partial charge in [0.05, 0.1) is 16.3 Å². The third-order valence-corrected chi connectivity index (χ3v) is 3.28. The van der Waals surface area contributed by atoms with Crippen molar-refractivity contribution in [2.45, 2.75) is 26.2 Å². The first kappa shape index (κ1) is 14.8. The molecule has 0 fully saturated rings. The van der Waals surface area contributed by atoms with Gasteiger partial charge in [-0.2, -0.15) is 0 Å². The highest BCUT2D eigenvalue weighted by molar-refractivity contribution is 5.74. The molecule has 0 radical (unpaired) electrons. The standard InChI is InChI=1S/C16H19N3O2/c1-16(2,3)11-4-6-12(7-5-11)18-15-9-8-13(19(20)21)10-14(15)17/h4-10,18H,17H2,1-3H3. The van der Waals surface area contributed by atoms with Crippen molar-refractivity contribution in [1.82, 2.24) is 0 Å². The Hall–Kier alpha value is -2.56. The summed E-state index contributed by atoms with van der Waals surface area (Å²) in [6.45, 7) is 6.47. The van der Waals surface area contributed by atoms with Crippen molar-refractivity contribution in [2.75, 3.05) is 11.1 Å². The monoisotopic (exact) mass is 285 g/mol. The zero-order valence-corrected chi connectivity index (χ0v) is 12.4. The summed E-state index contributed by atoms with van der Waals surface area (Å²) in [7, 11) is 0. The van der Waals surface area contributed by atoms with Crippen LogP contribution in [0.4, 0.5) is 22.7 Å². The average molecular weight is 285 g/mol. The number of benzene rings is 2. The number of anilines is 3. The van der Waals surface area contributed by atoms with Crippen LogP contribution in [-0.2, 0) is 5.41 Å². The maximum absolute atomic E-state index is 10.7. The topological polar surface area (TPSA) is 81.2 Å². The van der Waals surface area contributed by atoms with E-state index in [1.165, 1.54) is 17.7 Å². The van der Waals surface area contributed by atoms with E-state index >= 15 is 0 Å². The van der Waals surface area contributed by atoms with Crippen LogP contribution in [-0.4, -0.2) is 4.92 Å². The fourth-order valence-corrected chi connectivity index (χ4v) is 1.99.